The number of methoxy groups -OCH3 is 1. The molecule has 0 radical (unpaired) electrons. The molecule has 1 aromatic carbocycles. The van der Waals surface area contributed by atoms with Gasteiger partial charge in [0.2, 0.25) is 0 Å². The third kappa shape index (κ3) is 6.09. The molecular formula is C16H22BrNO5. The van der Waals surface area contributed by atoms with Crippen LogP contribution in [0.25, 0.3) is 0 Å². The summed E-state index contributed by atoms with van der Waals surface area (Å²) in [4.78, 5) is 23.6. The van der Waals surface area contributed by atoms with Gasteiger partial charge in [-0.3, -0.25) is 4.79 Å². The quantitative estimate of drug-likeness (QED) is 0.520. The van der Waals surface area contributed by atoms with Gasteiger partial charge in [0.15, 0.2) is 18.1 Å². The van der Waals surface area contributed by atoms with Gasteiger partial charge in [-0.05, 0) is 41.4 Å². The average Bonchev–Trinajstić information content (AvgIpc) is 2.53. The topological polar surface area (TPSA) is 73.9 Å². The van der Waals surface area contributed by atoms with Crippen LogP contribution < -0.4 is 14.8 Å². The van der Waals surface area contributed by atoms with Crippen LogP contribution in [0, 0.1) is 0 Å². The Balaban J connectivity index is 2.70. The minimum atomic E-state index is -0.597. The highest BCUT2D eigenvalue weighted by molar-refractivity contribution is 9.10. The zero-order valence-corrected chi connectivity index (χ0v) is 15.2. The molecule has 1 rings (SSSR count). The molecular weight excluding hydrogens is 366 g/mol. The van der Waals surface area contributed by atoms with E-state index < -0.39 is 5.97 Å². The van der Waals surface area contributed by atoms with Crippen LogP contribution in [-0.2, 0) is 9.53 Å². The van der Waals surface area contributed by atoms with Crippen molar-refractivity contribution in [1.29, 1.82) is 0 Å². The van der Waals surface area contributed by atoms with E-state index in [2.05, 4.69) is 21.2 Å². The molecule has 1 amide bonds. The summed E-state index contributed by atoms with van der Waals surface area (Å²) in [5.41, 5.74) is 0.280. The number of hydrogen-bond acceptors (Lipinski definition) is 5. The van der Waals surface area contributed by atoms with E-state index in [-0.39, 0.29) is 18.1 Å². The number of rotatable bonds is 9. The summed E-state index contributed by atoms with van der Waals surface area (Å²) in [5, 5.41) is 2.68. The third-order valence-corrected chi connectivity index (χ3v) is 3.53. The Labute approximate surface area is 144 Å². The normalized spacial score (nSPS) is 10.1. The molecule has 0 saturated heterocycles. The van der Waals surface area contributed by atoms with Crippen molar-refractivity contribution in [2.24, 2.45) is 0 Å². The van der Waals surface area contributed by atoms with Gasteiger partial charge in [-0.2, -0.15) is 0 Å². The molecule has 0 unspecified atom stereocenters. The summed E-state index contributed by atoms with van der Waals surface area (Å²) >= 11 is 3.33. The third-order valence-electron chi connectivity index (χ3n) is 2.94. The smallest absolute Gasteiger partial charge is 0.338 e. The van der Waals surface area contributed by atoms with Crippen LogP contribution in [0.3, 0.4) is 0 Å². The number of halogens is 1. The number of amides is 1. The summed E-state index contributed by atoms with van der Waals surface area (Å²) in [6.45, 7) is 4.56. The molecule has 0 saturated carbocycles. The van der Waals surface area contributed by atoms with E-state index in [1.165, 1.54) is 13.2 Å². The number of ether oxygens (including phenoxy) is 3. The zero-order chi connectivity index (χ0) is 17.2. The summed E-state index contributed by atoms with van der Waals surface area (Å²) in [7, 11) is 1.52. The van der Waals surface area contributed by atoms with Crippen molar-refractivity contribution in [2.75, 3.05) is 26.9 Å². The van der Waals surface area contributed by atoms with Crippen LogP contribution in [-0.4, -0.2) is 38.7 Å². The molecule has 128 valence electrons. The van der Waals surface area contributed by atoms with Gasteiger partial charge in [0, 0.05) is 6.54 Å². The molecule has 23 heavy (non-hydrogen) atoms. The van der Waals surface area contributed by atoms with Crippen molar-refractivity contribution >= 4 is 27.8 Å². The molecule has 0 heterocycles. The summed E-state index contributed by atoms with van der Waals surface area (Å²) in [5.74, 6) is 0.0220. The minimum absolute atomic E-state index is 0.280. The maximum absolute atomic E-state index is 12.1. The lowest BCUT2D eigenvalue weighted by Crippen LogP contribution is -2.29. The molecule has 1 N–H and O–H groups in total. The molecule has 0 aliphatic heterocycles. The number of unbranched alkanes of at least 4 members (excludes halogenated alkanes) is 1. The number of carbonyl (C=O) groups excluding carboxylic acids is 2. The van der Waals surface area contributed by atoms with E-state index in [0.29, 0.717) is 29.1 Å². The largest absolute Gasteiger partial charge is 0.492 e. The fraction of sp³-hybridized carbons (Fsp3) is 0.500. The molecule has 0 aliphatic rings. The van der Waals surface area contributed by atoms with Gasteiger partial charge >= 0.3 is 5.97 Å². The van der Waals surface area contributed by atoms with Gasteiger partial charge in [0.1, 0.15) is 0 Å². The van der Waals surface area contributed by atoms with Gasteiger partial charge in [-0.25, -0.2) is 4.79 Å². The maximum atomic E-state index is 12.1. The van der Waals surface area contributed by atoms with Crippen molar-refractivity contribution in [3.8, 4) is 11.5 Å². The highest BCUT2D eigenvalue weighted by atomic mass is 79.9. The van der Waals surface area contributed by atoms with E-state index in [0.717, 1.165) is 12.8 Å². The molecule has 0 bridgehead atoms. The number of esters is 1. The van der Waals surface area contributed by atoms with E-state index in [1.54, 1.807) is 6.07 Å². The number of carbonyl (C=O) groups is 2. The van der Waals surface area contributed by atoms with Gasteiger partial charge in [0.05, 0.1) is 23.8 Å². The first-order valence-corrected chi connectivity index (χ1v) is 8.26. The number of hydrogen-bond donors (Lipinski definition) is 1. The minimum Gasteiger partial charge on any atom is -0.492 e. The van der Waals surface area contributed by atoms with E-state index in [9.17, 15) is 9.59 Å². The molecule has 0 spiro atoms. The van der Waals surface area contributed by atoms with Crippen LogP contribution >= 0.6 is 15.9 Å². The summed E-state index contributed by atoms with van der Waals surface area (Å²) in [6.07, 6.45) is 1.88. The van der Waals surface area contributed by atoms with Crippen LogP contribution in [0.1, 0.15) is 37.0 Å². The lowest BCUT2D eigenvalue weighted by Gasteiger charge is -2.13. The highest BCUT2D eigenvalue weighted by Crippen LogP contribution is 2.36. The molecule has 0 aliphatic carbocycles. The number of nitrogens with one attached hydrogen (secondary N) is 1. The van der Waals surface area contributed by atoms with Crippen molar-refractivity contribution in [3.63, 3.8) is 0 Å². The lowest BCUT2D eigenvalue weighted by molar-refractivity contribution is -0.124. The fourth-order valence-electron chi connectivity index (χ4n) is 1.82. The van der Waals surface area contributed by atoms with Gasteiger partial charge in [-0.15, -0.1) is 0 Å². The Kier molecular flexibility index (Phi) is 8.47. The molecule has 0 atom stereocenters. The fourth-order valence-corrected chi connectivity index (χ4v) is 2.42. The van der Waals surface area contributed by atoms with Crippen LogP contribution in [0.4, 0.5) is 0 Å². The van der Waals surface area contributed by atoms with Crippen LogP contribution in [0.5, 0.6) is 11.5 Å². The van der Waals surface area contributed by atoms with E-state index in [1.807, 2.05) is 13.8 Å². The van der Waals surface area contributed by atoms with Gasteiger partial charge in [0.25, 0.3) is 5.91 Å². The second-order valence-electron chi connectivity index (χ2n) is 4.70. The molecule has 0 fully saturated rings. The zero-order valence-electron chi connectivity index (χ0n) is 13.6. The second kappa shape index (κ2) is 10.1. The molecule has 0 aromatic heterocycles. The predicted molar refractivity (Wildman–Crippen MR) is 90.1 cm³/mol. The van der Waals surface area contributed by atoms with Crippen molar-refractivity contribution in [3.05, 3.63) is 22.2 Å². The highest BCUT2D eigenvalue weighted by Gasteiger charge is 2.17. The average molecular weight is 388 g/mol. The Morgan fingerprint density at radius 1 is 1.26 bits per heavy atom. The first kappa shape index (κ1) is 19.3. The standard InChI is InChI=1S/C16H22BrNO5/c1-4-6-7-18-14(19)10-23-16(20)11-8-12(17)15(21-3)13(9-11)22-5-2/h8-9H,4-7,10H2,1-3H3,(H,18,19). The Bertz CT molecular complexity index is 548. The van der Waals surface area contributed by atoms with E-state index >= 15 is 0 Å². The van der Waals surface area contributed by atoms with Crippen LogP contribution in [0.15, 0.2) is 16.6 Å². The van der Waals surface area contributed by atoms with Crippen LogP contribution in [0.2, 0.25) is 0 Å². The van der Waals surface area contributed by atoms with Crippen molar-refractivity contribution in [2.45, 2.75) is 26.7 Å². The Hall–Kier alpha value is -1.76. The predicted octanol–water partition coefficient (Wildman–Crippen LogP) is 2.93. The van der Waals surface area contributed by atoms with E-state index in [4.69, 9.17) is 14.2 Å². The van der Waals surface area contributed by atoms with Crippen molar-refractivity contribution < 1.29 is 23.8 Å². The Morgan fingerprint density at radius 2 is 2.00 bits per heavy atom. The monoisotopic (exact) mass is 387 g/mol. The maximum Gasteiger partial charge on any atom is 0.338 e. The lowest BCUT2D eigenvalue weighted by atomic mass is 10.2. The SMILES string of the molecule is CCCCNC(=O)COC(=O)c1cc(Br)c(OC)c(OCC)c1. The first-order valence-electron chi connectivity index (χ1n) is 7.47. The second-order valence-corrected chi connectivity index (χ2v) is 5.56. The molecule has 7 heteroatoms. The summed E-state index contributed by atoms with van der Waals surface area (Å²) < 4.78 is 16.3. The number of benzene rings is 1. The van der Waals surface area contributed by atoms with Gasteiger partial charge < -0.3 is 19.5 Å². The molecule has 1 aromatic rings. The Morgan fingerprint density at radius 3 is 2.61 bits per heavy atom. The molecule has 6 nitrogen and oxygen atoms in total. The first-order chi connectivity index (χ1) is 11.0. The van der Waals surface area contributed by atoms with Gasteiger partial charge in [-0.1, -0.05) is 13.3 Å². The summed E-state index contributed by atoms with van der Waals surface area (Å²) in [6, 6.07) is 3.10. The van der Waals surface area contributed by atoms with Crippen molar-refractivity contribution in [1.82, 2.24) is 5.32 Å².